The van der Waals surface area contributed by atoms with Crippen LogP contribution >= 0.6 is 0 Å². The lowest BCUT2D eigenvalue weighted by molar-refractivity contribution is -0.133. The molecule has 1 aromatic rings. The van der Waals surface area contributed by atoms with Crippen LogP contribution in [0.25, 0.3) is 0 Å². The molecule has 1 aliphatic carbocycles. The van der Waals surface area contributed by atoms with E-state index in [0.29, 0.717) is 6.42 Å². The van der Waals surface area contributed by atoms with Crippen molar-refractivity contribution in [1.29, 1.82) is 0 Å². The molecule has 21 heavy (non-hydrogen) atoms. The SMILES string of the molecule is NC1(CC(=O)N2CCCC2c2ccncc2)CCCCC1. The molecule has 2 fully saturated rings. The summed E-state index contributed by atoms with van der Waals surface area (Å²) in [6, 6.07) is 4.26. The highest BCUT2D eigenvalue weighted by Crippen LogP contribution is 2.35. The van der Waals surface area contributed by atoms with Crippen LogP contribution in [0.15, 0.2) is 24.5 Å². The number of rotatable bonds is 3. The van der Waals surface area contributed by atoms with E-state index < -0.39 is 0 Å². The average Bonchev–Trinajstić information content (AvgIpc) is 2.98. The summed E-state index contributed by atoms with van der Waals surface area (Å²) in [6.45, 7) is 0.863. The maximum atomic E-state index is 12.7. The fraction of sp³-hybridized carbons (Fsp3) is 0.647. The van der Waals surface area contributed by atoms with Crippen LogP contribution in [0.1, 0.15) is 63.0 Å². The Morgan fingerprint density at radius 2 is 1.95 bits per heavy atom. The molecule has 0 bridgehead atoms. The smallest absolute Gasteiger partial charge is 0.224 e. The van der Waals surface area contributed by atoms with Crippen molar-refractivity contribution in [2.24, 2.45) is 5.73 Å². The highest BCUT2D eigenvalue weighted by Gasteiger charge is 2.35. The number of aromatic nitrogens is 1. The molecule has 2 N–H and O–H groups in total. The number of nitrogens with zero attached hydrogens (tertiary/aromatic N) is 2. The third kappa shape index (κ3) is 3.26. The van der Waals surface area contributed by atoms with E-state index in [0.717, 1.165) is 45.1 Å². The van der Waals surface area contributed by atoms with Gasteiger partial charge in [0.1, 0.15) is 0 Å². The fourth-order valence-electron chi connectivity index (χ4n) is 3.83. The topological polar surface area (TPSA) is 59.2 Å². The van der Waals surface area contributed by atoms with Crippen molar-refractivity contribution in [2.75, 3.05) is 6.54 Å². The molecule has 4 heteroatoms. The van der Waals surface area contributed by atoms with Crippen LogP contribution in [-0.2, 0) is 4.79 Å². The number of hydrogen-bond acceptors (Lipinski definition) is 3. The standard InChI is InChI=1S/C17H25N3O/c18-17(8-2-1-3-9-17)13-16(21)20-12-4-5-15(20)14-6-10-19-11-7-14/h6-7,10-11,15H,1-5,8-9,12-13,18H2. The minimum absolute atomic E-state index is 0.215. The second kappa shape index (κ2) is 6.14. The normalized spacial score (nSPS) is 25.0. The molecule has 0 aromatic carbocycles. The minimum atomic E-state index is -0.263. The molecular formula is C17H25N3O. The molecule has 1 aliphatic heterocycles. The van der Waals surface area contributed by atoms with Crippen molar-refractivity contribution in [3.8, 4) is 0 Å². The van der Waals surface area contributed by atoms with E-state index in [1.54, 1.807) is 0 Å². The van der Waals surface area contributed by atoms with E-state index in [2.05, 4.69) is 4.98 Å². The predicted octanol–water partition coefficient (Wildman–Crippen LogP) is 2.80. The third-order valence-electron chi connectivity index (χ3n) is 5.02. The van der Waals surface area contributed by atoms with Gasteiger partial charge in [-0.2, -0.15) is 0 Å². The summed E-state index contributed by atoms with van der Waals surface area (Å²) in [5, 5.41) is 0. The second-order valence-electron chi connectivity index (χ2n) is 6.63. The van der Waals surface area contributed by atoms with Crippen molar-refractivity contribution in [3.63, 3.8) is 0 Å². The Morgan fingerprint density at radius 3 is 2.67 bits per heavy atom. The van der Waals surface area contributed by atoms with Crippen LogP contribution in [0.5, 0.6) is 0 Å². The Kier molecular flexibility index (Phi) is 4.24. The van der Waals surface area contributed by atoms with E-state index in [-0.39, 0.29) is 17.5 Å². The monoisotopic (exact) mass is 287 g/mol. The van der Waals surface area contributed by atoms with Gasteiger partial charge in [0.25, 0.3) is 0 Å². The summed E-state index contributed by atoms with van der Waals surface area (Å²) in [5.41, 5.74) is 7.39. The molecule has 114 valence electrons. The molecule has 1 aromatic heterocycles. The lowest BCUT2D eigenvalue weighted by Gasteiger charge is -2.35. The van der Waals surface area contributed by atoms with E-state index in [1.165, 1.54) is 12.0 Å². The van der Waals surface area contributed by atoms with Gasteiger partial charge in [0.15, 0.2) is 0 Å². The highest BCUT2D eigenvalue weighted by molar-refractivity contribution is 5.78. The summed E-state index contributed by atoms with van der Waals surface area (Å²) in [7, 11) is 0. The number of likely N-dealkylation sites (tertiary alicyclic amines) is 1. The summed E-state index contributed by atoms with van der Waals surface area (Å²) in [5.74, 6) is 0.235. The zero-order valence-corrected chi connectivity index (χ0v) is 12.6. The fourth-order valence-corrected chi connectivity index (χ4v) is 3.83. The first-order chi connectivity index (χ1) is 10.2. The van der Waals surface area contributed by atoms with Gasteiger partial charge < -0.3 is 10.6 Å². The zero-order valence-electron chi connectivity index (χ0n) is 12.6. The predicted molar refractivity (Wildman–Crippen MR) is 82.5 cm³/mol. The average molecular weight is 287 g/mol. The van der Waals surface area contributed by atoms with E-state index in [1.807, 2.05) is 29.4 Å². The van der Waals surface area contributed by atoms with Gasteiger partial charge in [-0.05, 0) is 43.4 Å². The van der Waals surface area contributed by atoms with Crippen LogP contribution in [0.3, 0.4) is 0 Å². The highest BCUT2D eigenvalue weighted by atomic mass is 16.2. The molecule has 1 saturated heterocycles. The Hall–Kier alpha value is -1.42. The van der Waals surface area contributed by atoms with Crippen LogP contribution in [0.2, 0.25) is 0 Å². The van der Waals surface area contributed by atoms with Crippen molar-refractivity contribution in [3.05, 3.63) is 30.1 Å². The molecular weight excluding hydrogens is 262 g/mol. The Morgan fingerprint density at radius 1 is 1.24 bits per heavy atom. The molecule has 4 nitrogen and oxygen atoms in total. The number of nitrogens with two attached hydrogens (primary N) is 1. The number of carbonyl (C=O) groups is 1. The third-order valence-corrected chi connectivity index (χ3v) is 5.02. The lowest BCUT2D eigenvalue weighted by atomic mass is 9.80. The molecule has 1 unspecified atom stereocenters. The first kappa shape index (κ1) is 14.5. The Balaban J connectivity index is 1.68. The van der Waals surface area contributed by atoms with Gasteiger partial charge in [0.05, 0.1) is 6.04 Å². The van der Waals surface area contributed by atoms with Gasteiger partial charge in [-0.15, -0.1) is 0 Å². The van der Waals surface area contributed by atoms with Gasteiger partial charge in [-0.25, -0.2) is 0 Å². The van der Waals surface area contributed by atoms with Crippen molar-refractivity contribution in [1.82, 2.24) is 9.88 Å². The maximum Gasteiger partial charge on any atom is 0.224 e. The summed E-state index contributed by atoms with van der Waals surface area (Å²) in [6.07, 6.45) is 11.8. The molecule has 2 aliphatic rings. The Bertz CT molecular complexity index is 482. The lowest BCUT2D eigenvalue weighted by Crippen LogP contribution is -2.46. The molecule has 3 rings (SSSR count). The molecule has 1 amide bonds. The van der Waals surface area contributed by atoms with Crippen LogP contribution in [0.4, 0.5) is 0 Å². The minimum Gasteiger partial charge on any atom is -0.336 e. The number of pyridine rings is 1. The first-order valence-electron chi connectivity index (χ1n) is 8.16. The molecule has 1 saturated carbocycles. The summed E-state index contributed by atoms with van der Waals surface area (Å²) >= 11 is 0. The molecule has 0 spiro atoms. The maximum absolute atomic E-state index is 12.7. The molecule has 2 heterocycles. The number of hydrogen-bond donors (Lipinski definition) is 1. The van der Waals surface area contributed by atoms with Crippen LogP contribution in [-0.4, -0.2) is 27.9 Å². The van der Waals surface area contributed by atoms with E-state index in [4.69, 9.17) is 5.73 Å². The molecule has 0 radical (unpaired) electrons. The Labute approximate surface area is 126 Å². The van der Waals surface area contributed by atoms with E-state index in [9.17, 15) is 4.79 Å². The van der Waals surface area contributed by atoms with Gasteiger partial charge in [0.2, 0.25) is 5.91 Å². The van der Waals surface area contributed by atoms with Gasteiger partial charge >= 0.3 is 0 Å². The quantitative estimate of drug-likeness (QED) is 0.930. The zero-order chi connectivity index (χ0) is 14.7. The second-order valence-corrected chi connectivity index (χ2v) is 6.63. The van der Waals surface area contributed by atoms with Crippen molar-refractivity contribution >= 4 is 5.91 Å². The molecule has 1 atom stereocenters. The summed E-state index contributed by atoms with van der Waals surface area (Å²) < 4.78 is 0. The summed E-state index contributed by atoms with van der Waals surface area (Å²) in [4.78, 5) is 18.8. The van der Waals surface area contributed by atoms with Crippen molar-refractivity contribution < 1.29 is 4.79 Å². The number of amides is 1. The largest absolute Gasteiger partial charge is 0.336 e. The van der Waals surface area contributed by atoms with Gasteiger partial charge in [-0.3, -0.25) is 9.78 Å². The van der Waals surface area contributed by atoms with Crippen LogP contribution in [0, 0.1) is 0 Å². The van der Waals surface area contributed by atoms with Crippen molar-refractivity contribution in [2.45, 2.75) is 62.9 Å². The van der Waals surface area contributed by atoms with Gasteiger partial charge in [0, 0.05) is 30.9 Å². The number of carbonyl (C=O) groups excluding carboxylic acids is 1. The first-order valence-corrected chi connectivity index (χ1v) is 8.16. The van der Waals surface area contributed by atoms with E-state index >= 15 is 0 Å². The van der Waals surface area contributed by atoms with Crippen LogP contribution < -0.4 is 5.73 Å². The van der Waals surface area contributed by atoms with Gasteiger partial charge in [-0.1, -0.05) is 19.3 Å².